The van der Waals surface area contributed by atoms with Crippen molar-refractivity contribution in [3.63, 3.8) is 0 Å². The molecule has 0 bridgehead atoms. The summed E-state index contributed by atoms with van der Waals surface area (Å²) in [5, 5.41) is 10.8. The van der Waals surface area contributed by atoms with Crippen LogP contribution in [0, 0.1) is 47.3 Å². The molecule has 1 N–H and O–H groups in total. The number of aliphatic hydroxyl groups excluding tert-OH is 1. The van der Waals surface area contributed by atoms with E-state index in [0.717, 1.165) is 50.5 Å². The van der Waals surface area contributed by atoms with Crippen molar-refractivity contribution in [2.45, 2.75) is 97.1 Å². The molecule has 8 heteroatoms. The second kappa shape index (κ2) is 12.0. The van der Waals surface area contributed by atoms with Gasteiger partial charge in [-0.15, -0.1) is 0 Å². The fourth-order valence-corrected chi connectivity index (χ4v) is 8.68. The third-order valence-electron chi connectivity index (χ3n) is 10.7. The summed E-state index contributed by atoms with van der Waals surface area (Å²) in [4.78, 5) is 40.2. The molecule has 0 spiro atoms. The molecule has 11 atom stereocenters. The molecule has 3 saturated carbocycles. The zero-order valence-corrected chi connectivity index (χ0v) is 24.6. The number of hydrogen-bond donors (Lipinski definition) is 1. The van der Waals surface area contributed by atoms with Gasteiger partial charge in [-0.25, -0.2) is 0 Å². The van der Waals surface area contributed by atoms with Crippen LogP contribution in [0.3, 0.4) is 0 Å². The monoisotopic (exact) mass is 558 g/mol. The molecular weight excluding hydrogens is 512 g/mol. The maximum Gasteiger partial charge on any atom is 0.306 e. The molecule has 2 unspecified atom stereocenters. The van der Waals surface area contributed by atoms with Crippen LogP contribution in [0.15, 0.2) is 23.2 Å². The van der Waals surface area contributed by atoms with E-state index in [-0.39, 0.29) is 89.3 Å². The number of cyclic esters (lactones) is 1. The van der Waals surface area contributed by atoms with Gasteiger partial charge in [-0.05, 0) is 80.6 Å². The van der Waals surface area contributed by atoms with Crippen molar-refractivity contribution in [1.82, 2.24) is 0 Å². The number of allylic oxidation sites excluding steroid dienone is 3. The first kappa shape index (κ1) is 29.3. The number of methoxy groups -OCH3 is 2. The molecule has 8 nitrogen and oxygen atoms in total. The maximum atomic E-state index is 13.8. The van der Waals surface area contributed by atoms with Gasteiger partial charge >= 0.3 is 5.97 Å². The van der Waals surface area contributed by atoms with Crippen LogP contribution < -0.4 is 0 Å². The number of Topliss-reactive ketones (excluding diaryl/α,β-unsaturated/α-hetero) is 2. The highest BCUT2D eigenvalue weighted by molar-refractivity contribution is 5.99. The minimum atomic E-state index is -1.25. The Labute approximate surface area is 237 Å². The molecule has 5 rings (SSSR count). The lowest BCUT2D eigenvalue weighted by atomic mass is 9.49. The lowest BCUT2D eigenvalue weighted by molar-refractivity contribution is -0.157. The topological polar surface area (TPSA) is 108 Å². The van der Waals surface area contributed by atoms with Crippen molar-refractivity contribution in [2.24, 2.45) is 47.3 Å². The van der Waals surface area contributed by atoms with E-state index < -0.39 is 6.29 Å². The lowest BCUT2D eigenvalue weighted by Gasteiger charge is -2.54. The summed E-state index contributed by atoms with van der Waals surface area (Å²) < 4.78 is 22.6. The van der Waals surface area contributed by atoms with Gasteiger partial charge in [0, 0.05) is 24.2 Å². The van der Waals surface area contributed by atoms with Crippen LogP contribution in [0.1, 0.15) is 78.6 Å². The van der Waals surface area contributed by atoms with Crippen molar-refractivity contribution in [2.75, 3.05) is 14.2 Å². The highest BCUT2D eigenvalue weighted by Gasteiger charge is 2.64. The summed E-state index contributed by atoms with van der Waals surface area (Å²) >= 11 is 0. The summed E-state index contributed by atoms with van der Waals surface area (Å²) in [6.07, 6.45) is 7.08. The van der Waals surface area contributed by atoms with E-state index in [0.29, 0.717) is 12.2 Å². The van der Waals surface area contributed by atoms with Gasteiger partial charge in [-0.1, -0.05) is 26.3 Å². The van der Waals surface area contributed by atoms with E-state index in [9.17, 15) is 19.5 Å². The highest BCUT2D eigenvalue weighted by Crippen LogP contribution is 2.64. The zero-order valence-electron chi connectivity index (χ0n) is 24.6. The third-order valence-corrected chi connectivity index (χ3v) is 10.7. The van der Waals surface area contributed by atoms with E-state index in [2.05, 4.69) is 6.08 Å². The van der Waals surface area contributed by atoms with E-state index in [1.165, 1.54) is 14.2 Å². The van der Waals surface area contributed by atoms with Crippen LogP contribution >= 0.6 is 0 Å². The second-order valence-corrected chi connectivity index (χ2v) is 12.8. The van der Waals surface area contributed by atoms with Crippen molar-refractivity contribution in [1.29, 1.82) is 0 Å². The standard InChI is InChI=1S/C32H46O8/c1-6-18-10-8-7-9-16(2)30(35)25-13-22-20-11-19(40-32(36)31(38-5)17(3)37-4)12-21(20)23-14-26(33)29(23)28(22)24(25)15-27(34)39-18/h13,16,18-24,28-29,32,36H,6-12,14-15H2,1-5H3/b31-17+/t16-,18+,19+,20-,21?,22+,23+,24-,28-,29-,32?/m1/s1. The fourth-order valence-electron chi connectivity index (χ4n) is 8.68. The summed E-state index contributed by atoms with van der Waals surface area (Å²) in [6, 6.07) is 0. The number of fused-ring (bicyclic) bond motifs is 8. The van der Waals surface area contributed by atoms with Gasteiger partial charge in [0.15, 0.2) is 11.5 Å². The van der Waals surface area contributed by atoms with E-state index in [4.69, 9.17) is 18.9 Å². The highest BCUT2D eigenvalue weighted by atomic mass is 16.6. The Balaban J connectivity index is 1.43. The maximum absolute atomic E-state index is 13.8. The van der Waals surface area contributed by atoms with Gasteiger partial charge in [-0.2, -0.15) is 0 Å². The number of aliphatic hydroxyl groups is 1. The van der Waals surface area contributed by atoms with E-state index in [1.54, 1.807) is 6.92 Å². The normalized spacial score (nSPS) is 41.0. The predicted molar refractivity (Wildman–Crippen MR) is 146 cm³/mol. The molecule has 4 aliphatic carbocycles. The number of hydrogen-bond acceptors (Lipinski definition) is 8. The van der Waals surface area contributed by atoms with Crippen LogP contribution in [0.25, 0.3) is 0 Å². The average Bonchev–Trinajstić information content (AvgIpc) is 3.49. The van der Waals surface area contributed by atoms with Gasteiger partial charge < -0.3 is 24.1 Å². The Bertz CT molecular complexity index is 1060. The van der Waals surface area contributed by atoms with Crippen molar-refractivity contribution < 1.29 is 38.4 Å². The third kappa shape index (κ3) is 5.26. The van der Waals surface area contributed by atoms with Crippen LogP contribution in [0.4, 0.5) is 0 Å². The fraction of sp³-hybridized carbons (Fsp3) is 0.781. The van der Waals surface area contributed by atoms with Crippen molar-refractivity contribution in [3.05, 3.63) is 23.2 Å². The molecule has 0 aromatic heterocycles. The Morgan fingerprint density at radius 3 is 2.45 bits per heavy atom. The largest absolute Gasteiger partial charge is 0.498 e. The molecule has 0 amide bonds. The van der Waals surface area contributed by atoms with Gasteiger partial charge in [0.05, 0.1) is 26.7 Å². The van der Waals surface area contributed by atoms with Crippen LogP contribution in [0.5, 0.6) is 0 Å². The lowest BCUT2D eigenvalue weighted by Crippen LogP contribution is -2.55. The smallest absolute Gasteiger partial charge is 0.306 e. The van der Waals surface area contributed by atoms with Gasteiger partial charge in [0.25, 0.3) is 0 Å². The quantitative estimate of drug-likeness (QED) is 0.283. The first-order chi connectivity index (χ1) is 19.2. The molecule has 1 heterocycles. The molecule has 1 aliphatic heterocycles. The summed E-state index contributed by atoms with van der Waals surface area (Å²) in [7, 11) is 3.00. The molecule has 0 aromatic carbocycles. The molecule has 222 valence electrons. The number of esters is 1. The Morgan fingerprint density at radius 2 is 1.77 bits per heavy atom. The number of ether oxygens (including phenoxy) is 4. The minimum Gasteiger partial charge on any atom is -0.498 e. The molecule has 5 aliphatic rings. The summed E-state index contributed by atoms with van der Waals surface area (Å²) in [5.74, 6) is 1.03. The SMILES string of the molecule is CC[C@H]1CCCC[C@@H](C)C(=O)C2=C[C@@H]3[C@@H]([C@H]4C(=O)C[C@H]4C4C[C@@H](OC(O)/C(OC)=C(/C)OC)C[C@H]43)[C@@H]2CC(=O)O1. The van der Waals surface area contributed by atoms with Crippen LogP contribution in [0.2, 0.25) is 0 Å². The predicted octanol–water partition coefficient (Wildman–Crippen LogP) is 4.74. The number of carbonyl (C=O) groups excluding carboxylic acids is 3. The first-order valence-corrected chi connectivity index (χ1v) is 15.3. The van der Waals surface area contributed by atoms with Crippen molar-refractivity contribution in [3.8, 4) is 0 Å². The van der Waals surface area contributed by atoms with Gasteiger partial charge in [0.2, 0.25) is 6.29 Å². The molecule has 4 fully saturated rings. The number of carbonyl (C=O) groups is 3. The van der Waals surface area contributed by atoms with E-state index in [1.807, 2.05) is 13.8 Å². The number of ketones is 2. The zero-order chi connectivity index (χ0) is 28.7. The summed E-state index contributed by atoms with van der Waals surface area (Å²) in [5.41, 5.74) is 0.747. The molecule has 0 aromatic rings. The Kier molecular flexibility index (Phi) is 8.77. The molecular formula is C32H46O8. The van der Waals surface area contributed by atoms with Gasteiger partial charge in [-0.3, -0.25) is 14.4 Å². The van der Waals surface area contributed by atoms with E-state index >= 15 is 0 Å². The molecule has 0 radical (unpaired) electrons. The molecule has 40 heavy (non-hydrogen) atoms. The Hall–Kier alpha value is -2.19. The minimum absolute atomic E-state index is 0.0374. The Morgan fingerprint density at radius 1 is 1.05 bits per heavy atom. The van der Waals surface area contributed by atoms with Crippen LogP contribution in [-0.4, -0.2) is 55.4 Å². The van der Waals surface area contributed by atoms with Crippen LogP contribution in [-0.2, 0) is 33.3 Å². The van der Waals surface area contributed by atoms with Crippen molar-refractivity contribution >= 4 is 17.5 Å². The second-order valence-electron chi connectivity index (χ2n) is 12.8. The average molecular weight is 559 g/mol. The molecule has 1 saturated heterocycles. The number of rotatable bonds is 6. The first-order valence-electron chi connectivity index (χ1n) is 15.3. The van der Waals surface area contributed by atoms with Gasteiger partial charge in [0.1, 0.15) is 17.6 Å². The summed E-state index contributed by atoms with van der Waals surface area (Å²) in [6.45, 7) is 5.77.